The molecular weight excluding hydrogens is 499 g/mol. The molecule has 0 aliphatic heterocycles. The van der Waals surface area contributed by atoms with Gasteiger partial charge in [-0.3, -0.25) is 4.79 Å². The highest BCUT2D eigenvalue weighted by atomic mass is 35.5. The molecule has 0 saturated carbocycles. The van der Waals surface area contributed by atoms with Crippen molar-refractivity contribution in [2.75, 3.05) is 19.5 Å². The van der Waals surface area contributed by atoms with Crippen molar-refractivity contribution in [1.29, 1.82) is 0 Å². The number of nitrogens with one attached hydrogen (secondary N) is 1. The third kappa shape index (κ3) is 5.41. The van der Waals surface area contributed by atoms with Gasteiger partial charge in [-0.2, -0.15) is 0 Å². The smallest absolute Gasteiger partial charge is 0.278 e. The van der Waals surface area contributed by atoms with E-state index in [1.165, 1.54) is 30.7 Å². The Kier molecular flexibility index (Phi) is 7.51. The van der Waals surface area contributed by atoms with Gasteiger partial charge in [-0.1, -0.05) is 40.2 Å². The van der Waals surface area contributed by atoms with Gasteiger partial charge in [-0.15, -0.1) is 5.10 Å². The van der Waals surface area contributed by atoms with Crippen molar-refractivity contribution in [2.45, 2.75) is 10.9 Å². The first-order valence-electron chi connectivity index (χ1n) is 9.82. The van der Waals surface area contributed by atoms with Crippen molar-refractivity contribution >= 4 is 46.6 Å². The highest BCUT2D eigenvalue weighted by Gasteiger charge is 2.22. The number of anilines is 1. The van der Waals surface area contributed by atoms with Crippen LogP contribution in [0.5, 0.6) is 11.5 Å². The first kappa shape index (κ1) is 23.8. The molecule has 34 heavy (non-hydrogen) atoms. The molecule has 2 heterocycles. The maximum atomic E-state index is 13.2. The van der Waals surface area contributed by atoms with Crippen molar-refractivity contribution in [3.8, 4) is 17.2 Å². The van der Waals surface area contributed by atoms with Crippen molar-refractivity contribution in [2.24, 2.45) is 0 Å². The zero-order valence-corrected chi connectivity index (χ0v) is 20.4. The fourth-order valence-electron chi connectivity index (χ4n) is 3.07. The minimum Gasteiger partial charge on any atom is -0.493 e. The molecule has 4 aromatic rings. The van der Waals surface area contributed by atoms with E-state index in [9.17, 15) is 4.79 Å². The Morgan fingerprint density at radius 1 is 1.03 bits per heavy atom. The summed E-state index contributed by atoms with van der Waals surface area (Å²) < 4.78 is 12.1. The molecule has 2 aromatic carbocycles. The van der Waals surface area contributed by atoms with E-state index in [4.69, 9.17) is 32.7 Å². The molecule has 0 aliphatic rings. The Labute approximate surface area is 209 Å². The molecule has 0 saturated heterocycles. The molecule has 1 N–H and O–H groups in total. The number of halogens is 2. The molecule has 1 amide bonds. The summed E-state index contributed by atoms with van der Waals surface area (Å²) >= 11 is 13.7. The van der Waals surface area contributed by atoms with Crippen LogP contribution in [0.25, 0.3) is 5.69 Å². The standard InChI is InChI=1S/C22H18Cl2N6O3S/c1-32-18-5-4-15(11-19(18)33-2)27-21(31)20-17(12-34-22-25-6-3-7-26-22)30(29-28-20)16-9-13(23)8-14(24)10-16/h3-11H,12H2,1-2H3,(H,27,31). The van der Waals surface area contributed by atoms with Crippen LogP contribution < -0.4 is 14.8 Å². The Hall–Kier alpha value is -3.34. The number of carbonyl (C=O) groups is 1. The first-order chi connectivity index (χ1) is 16.5. The fourth-order valence-corrected chi connectivity index (χ4v) is 4.38. The number of aromatic nitrogens is 5. The van der Waals surface area contributed by atoms with Gasteiger partial charge in [0.05, 0.1) is 25.6 Å². The van der Waals surface area contributed by atoms with Gasteiger partial charge in [0, 0.05) is 39.9 Å². The van der Waals surface area contributed by atoms with Gasteiger partial charge in [-0.05, 0) is 36.4 Å². The second-order valence-corrected chi connectivity index (χ2v) is 8.58. The van der Waals surface area contributed by atoms with E-state index in [-0.39, 0.29) is 5.69 Å². The molecule has 0 atom stereocenters. The maximum absolute atomic E-state index is 13.2. The number of hydrogen-bond donors (Lipinski definition) is 1. The van der Waals surface area contributed by atoms with Gasteiger partial charge in [0.1, 0.15) is 0 Å². The van der Waals surface area contributed by atoms with Crippen LogP contribution in [-0.4, -0.2) is 45.1 Å². The predicted molar refractivity (Wildman–Crippen MR) is 130 cm³/mol. The van der Waals surface area contributed by atoms with Crippen LogP contribution in [0.15, 0.2) is 60.0 Å². The molecule has 0 radical (unpaired) electrons. The van der Waals surface area contributed by atoms with Gasteiger partial charge >= 0.3 is 0 Å². The molecule has 12 heteroatoms. The zero-order chi connectivity index (χ0) is 24.1. The monoisotopic (exact) mass is 516 g/mol. The van der Waals surface area contributed by atoms with Gasteiger partial charge in [0.25, 0.3) is 5.91 Å². The fraction of sp³-hybridized carbons (Fsp3) is 0.136. The van der Waals surface area contributed by atoms with E-state index in [1.807, 2.05) is 0 Å². The average molecular weight is 517 g/mol. The summed E-state index contributed by atoms with van der Waals surface area (Å²) in [5.74, 6) is 0.894. The summed E-state index contributed by atoms with van der Waals surface area (Å²) in [4.78, 5) is 21.6. The predicted octanol–water partition coefficient (Wildman–Crippen LogP) is 4.93. The molecule has 0 unspecified atom stereocenters. The van der Waals surface area contributed by atoms with Crippen LogP contribution in [0.3, 0.4) is 0 Å². The second-order valence-electron chi connectivity index (χ2n) is 6.77. The second kappa shape index (κ2) is 10.7. The number of hydrogen-bond acceptors (Lipinski definition) is 8. The Bertz CT molecular complexity index is 1300. The van der Waals surface area contributed by atoms with Crippen LogP contribution in [0, 0.1) is 0 Å². The lowest BCUT2D eigenvalue weighted by molar-refractivity contribution is 0.102. The minimum atomic E-state index is -0.448. The van der Waals surface area contributed by atoms with E-state index < -0.39 is 5.91 Å². The van der Waals surface area contributed by atoms with Crippen molar-refractivity contribution in [1.82, 2.24) is 25.0 Å². The molecule has 0 spiro atoms. The first-order valence-corrected chi connectivity index (χ1v) is 11.6. The lowest BCUT2D eigenvalue weighted by atomic mass is 10.2. The summed E-state index contributed by atoms with van der Waals surface area (Å²) in [6, 6.07) is 11.8. The summed E-state index contributed by atoms with van der Waals surface area (Å²) in [6.07, 6.45) is 3.29. The van der Waals surface area contributed by atoms with Crippen molar-refractivity contribution in [3.63, 3.8) is 0 Å². The SMILES string of the molecule is COc1ccc(NC(=O)c2nnn(-c3cc(Cl)cc(Cl)c3)c2CSc2ncccn2)cc1OC. The Morgan fingerprint density at radius 2 is 1.74 bits per heavy atom. The number of amides is 1. The summed E-state index contributed by atoms with van der Waals surface area (Å²) in [5.41, 5.74) is 1.73. The number of benzene rings is 2. The quantitative estimate of drug-likeness (QED) is 0.259. The molecule has 9 nitrogen and oxygen atoms in total. The molecule has 4 rings (SSSR count). The van der Waals surface area contributed by atoms with Crippen molar-refractivity contribution in [3.05, 3.63) is 76.3 Å². The molecular formula is C22H18Cl2N6O3S. The molecule has 0 aliphatic carbocycles. The number of methoxy groups -OCH3 is 2. The minimum absolute atomic E-state index is 0.134. The van der Waals surface area contributed by atoms with Crippen LogP contribution in [0.1, 0.15) is 16.2 Å². The summed E-state index contributed by atoms with van der Waals surface area (Å²) in [6.45, 7) is 0. The zero-order valence-electron chi connectivity index (χ0n) is 18.0. The van der Waals surface area contributed by atoms with Crippen LogP contribution in [0.4, 0.5) is 5.69 Å². The average Bonchev–Trinajstić information content (AvgIpc) is 3.27. The van der Waals surface area contributed by atoms with Gasteiger partial charge in [0.2, 0.25) is 0 Å². The number of carbonyl (C=O) groups excluding carboxylic acids is 1. The number of rotatable bonds is 8. The molecule has 0 fully saturated rings. The van der Waals surface area contributed by atoms with Crippen LogP contribution in [-0.2, 0) is 5.75 Å². The van der Waals surface area contributed by atoms with E-state index in [0.29, 0.717) is 49.5 Å². The number of thioether (sulfide) groups is 1. The number of nitrogens with zero attached hydrogens (tertiary/aromatic N) is 5. The largest absolute Gasteiger partial charge is 0.493 e. The topological polar surface area (TPSA) is 104 Å². The molecule has 0 bridgehead atoms. The van der Waals surface area contributed by atoms with E-state index in [0.717, 1.165) is 0 Å². The number of ether oxygens (including phenoxy) is 2. The Morgan fingerprint density at radius 3 is 2.41 bits per heavy atom. The summed E-state index contributed by atoms with van der Waals surface area (Å²) in [5, 5.41) is 12.6. The highest BCUT2D eigenvalue weighted by molar-refractivity contribution is 7.98. The third-order valence-corrected chi connectivity index (χ3v) is 5.91. The van der Waals surface area contributed by atoms with Crippen molar-refractivity contribution < 1.29 is 14.3 Å². The van der Waals surface area contributed by atoms with Gasteiger partial charge < -0.3 is 14.8 Å². The van der Waals surface area contributed by atoms with E-state index in [2.05, 4.69) is 25.6 Å². The lowest BCUT2D eigenvalue weighted by Gasteiger charge is -2.11. The van der Waals surface area contributed by atoms with Gasteiger partial charge in [0.15, 0.2) is 22.3 Å². The third-order valence-electron chi connectivity index (χ3n) is 4.59. The lowest BCUT2D eigenvalue weighted by Crippen LogP contribution is -2.15. The normalized spacial score (nSPS) is 10.7. The van der Waals surface area contributed by atoms with Gasteiger partial charge in [-0.25, -0.2) is 14.6 Å². The summed E-state index contributed by atoms with van der Waals surface area (Å²) in [7, 11) is 3.06. The van der Waals surface area contributed by atoms with Crippen LogP contribution >= 0.6 is 35.0 Å². The van der Waals surface area contributed by atoms with Crippen LogP contribution in [0.2, 0.25) is 10.0 Å². The van der Waals surface area contributed by atoms with E-state index >= 15 is 0 Å². The molecule has 174 valence electrons. The Balaban J connectivity index is 1.68. The maximum Gasteiger partial charge on any atom is 0.278 e. The van der Waals surface area contributed by atoms with E-state index in [1.54, 1.807) is 54.9 Å². The highest BCUT2D eigenvalue weighted by Crippen LogP contribution is 2.31. The molecule has 2 aromatic heterocycles.